The Kier molecular flexibility index (Phi) is 4.13. The average molecular weight is 241 g/mol. The fourth-order valence-electron chi connectivity index (χ4n) is 1.96. The number of hydrogen-bond donors (Lipinski definition) is 2. The monoisotopic (exact) mass is 241 g/mol. The second-order valence-electron chi connectivity index (χ2n) is 4.71. The van der Waals surface area contributed by atoms with E-state index in [4.69, 9.17) is 0 Å². The van der Waals surface area contributed by atoms with Crippen molar-refractivity contribution in [1.82, 2.24) is 5.32 Å². The summed E-state index contributed by atoms with van der Waals surface area (Å²) in [6.45, 7) is 7.08. The average Bonchev–Trinajstić information content (AvgIpc) is 2.37. The number of hydrogen-bond acceptors (Lipinski definition) is 2. The van der Waals surface area contributed by atoms with Gasteiger partial charge in [0.25, 0.3) is 0 Å². The van der Waals surface area contributed by atoms with Crippen LogP contribution in [0.5, 0.6) is 0 Å². The highest BCUT2D eigenvalue weighted by atomic mass is 16.3. The van der Waals surface area contributed by atoms with Gasteiger partial charge in [-0.3, -0.25) is 0 Å². The molecule has 0 amide bonds. The quantitative estimate of drug-likeness (QED) is 0.789. The first-order chi connectivity index (χ1) is 8.66. The van der Waals surface area contributed by atoms with Crippen molar-refractivity contribution >= 4 is 10.8 Å². The molecule has 0 spiro atoms. The molecule has 0 heterocycles. The number of rotatable bonds is 5. The van der Waals surface area contributed by atoms with Crippen LogP contribution in [0.4, 0.5) is 0 Å². The fourth-order valence-corrected chi connectivity index (χ4v) is 1.96. The zero-order valence-corrected chi connectivity index (χ0v) is 10.7. The molecule has 18 heavy (non-hydrogen) atoms. The van der Waals surface area contributed by atoms with Crippen LogP contribution < -0.4 is 5.32 Å². The van der Waals surface area contributed by atoms with E-state index < -0.39 is 6.10 Å². The third kappa shape index (κ3) is 3.19. The van der Waals surface area contributed by atoms with Gasteiger partial charge < -0.3 is 10.4 Å². The van der Waals surface area contributed by atoms with Crippen LogP contribution >= 0.6 is 0 Å². The maximum atomic E-state index is 10.1. The Balaban J connectivity index is 2.08. The van der Waals surface area contributed by atoms with Crippen LogP contribution in [-0.4, -0.2) is 18.2 Å². The number of benzene rings is 2. The predicted molar refractivity (Wildman–Crippen MR) is 76.6 cm³/mol. The summed E-state index contributed by atoms with van der Waals surface area (Å²) in [5.41, 5.74) is 2.02. The highest BCUT2D eigenvalue weighted by Crippen LogP contribution is 2.19. The lowest BCUT2D eigenvalue weighted by Crippen LogP contribution is -2.22. The number of nitrogens with one attached hydrogen (secondary N) is 1. The number of aliphatic hydroxyl groups excluding tert-OH is 1. The SMILES string of the molecule is C=C(C)CNCC(O)c1ccc2ccccc2c1. The summed E-state index contributed by atoms with van der Waals surface area (Å²) < 4.78 is 0. The lowest BCUT2D eigenvalue weighted by Gasteiger charge is -2.13. The molecule has 2 heteroatoms. The topological polar surface area (TPSA) is 32.3 Å². The molecule has 0 aliphatic carbocycles. The summed E-state index contributed by atoms with van der Waals surface area (Å²) in [6.07, 6.45) is -0.478. The molecular formula is C16H19NO. The van der Waals surface area contributed by atoms with Crippen LogP contribution in [0.2, 0.25) is 0 Å². The van der Waals surface area contributed by atoms with Gasteiger partial charge in [-0.05, 0) is 29.3 Å². The second kappa shape index (κ2) is 5.80. The van der Waals surface area contributed by atoms with Crippen molar-refractivity contribution in [2.75, 3.05) is 13.1 Å². The molecule has 0 aliphatic rings. The van der Waals surface area contributed by atoms with Gasteiger partial charge in [-0.15, -0.1) is 0 Å². The molecule has 0 fully saturated rings. The van der Waals surface area contributed by atoms with Crippen LogP contribution in [0.15, 0.2) is 54.6 Å². The second-order valence-corrected chi connectivity index (χ2v) is 4.71. The van der Waals surface area contributed by atoms with Crippen LogP contribution in [0, 0.1) is 0 Å². The molecule has 0 radical (unpaired) electrons. The Morgan fingerprint density at radius 3 is 2.67 bits per heavy atom. The first kappa shape index (κ1) is 12.8. The maximum Gasteiger partial charge on any atom is 0.0914 e. The largest absolute Gasteiger partial charge is 0.387 e. The van der Waals surface area contributed by atoms with Gasteiger partial charge in [-0.25, -0.2) is 0 Å². The third-order valence-corrected chi connectivity index (χ3v) is 2.92. The zero-order valence-electron chi connectivity index (χ0n) is 10.7. The summed E-state index contributed by atoms with van der Waals surface area (Å²) in [6, 6.07) is 14.2. The summed E-state index contributed by atoms with van der Waals surface area (Å²) in [7, 11) is 0. The Hall–Kier alpha value is -1.64. The maximum absolute atomic E-state index is 10.1. The molecule has 1 atom stereocenters. The smallest absolute Gasteiger partial charge is 0.0914 e. The first-order valence-electron chi connectivity index (χ1n) is 6.18. The first-order valence-corrected chi connectivity index (χ1v) is 6.18. The molecule has 2 aromatic rings. The molecule has 2 N–H and O–H groups in total. The van der Waals surface area contributed by atoms with Gasteiger partial charge >= 0.3 is 0 Å². The van der Waals surface area contributed by atoms with E-state index in [1.54, 1.807) is 0 Å². The van der Waals surface area contributed by atoms with Crippen molar-refractivity contribution in [3.05, 3.63) is 60.2 Å². The van der Waals surface area contributed by atoms with Gasteiger partial charge in [0.1, 0.15) is 0 Å². The minimum Gasteiger partial charge on any atom is -0.387 e. The van der Waals surface area contributed by atoms with Crippen molar-refractivity contribution in [1.29, 1.82) is 0 Å². The summed E-state index contributed by atoms with van der Waals surface area (Å²) >= 11 is 0. The minimum atomic E-state index is -0.478. The minimum absolute atomic E-state index is 0.478. The van der Waals surface area contributed by atoms with E-state index in [9.17, 15) is 5.11 Å². The summed E-state index contributed by atoms with van der Waals surface area (Å²) in [4.78, 5) is 0. The van der Waals surface area contributed by atoms with Crippen LogP contribution in [-0.2, 0) is 0 Å². The lowest BCUT2D eigenvalue weighted by atomic mass is 10.0. The Morgan fingerprint density at radius 2 is 1.94 bits per heavy atom. The van der Waals surface area contributed by atoms with Gasteiger partial charge in [0, 0.05) is 13.1 Å². The third-order valence-electron chi connectivity index (χ3n) is 2.92. The molecule has 0 saturated carbocycles. The molecule has 0 aromatic heterocycles. The molecule has 2 nitrogen and oxygen atoms in total. The Labute approximate surface area is 108 Å². The van der Waals surface area contributed by atoms with Crippen LogP contribution in [0.1, 0.15) is 18.6 Å². The van der Waals surface area contributed by atoms with Crippen molar-refractivity contribution < 1.29 is 5.11 Å². The fraction of sp³-hybridized carbons (Fsp3) is 0.250. The standard InChI is InChI=1S/C16H19NO/c1-12(2)10-17-11-16(18)15-8-7-13-5-3-4-6-14(13)9-15/h3-9,16-18H,1,10-11H2,2H3. The Morgan fingerprint density at radius 1 is 1.22 bits per heavy atom. The molecule has 1 unspecified atom stereocenters. The summed E-state index contributed by atoms with van der Waals surface area (Å²) in [5, 5.41) is 15.6. The van der Waals surface area contributed by atoms with E-state index in [1.165, 1.54) is 5.39 Å². The van der Waals surface area contributed by atoms with Crippen LogP contribution in [0.3, 0.4) is 0 Å². The molecule has 2 aromatic carbocycles. The number of aliphatic hydroxyl groups is 1. The number of fused-ring (bicyclic) bond motifs is 1. The lowest BCUT2D eigenvalue weighted by molar-refractivity contribution is 0.176. The molecule has 0 bridgehead atoms. The molecular weight excluding hydrogens is 222 g/mol. The van der Waals surface area contributed by atoms with Gasteiger partial charge in [-0.1, -0.05) is 48.6 Å². The molecule has 0 saturated heterocycles. The highest BCUT2D eigenvalue weighted by Gasteiger charge is 2.07. The van der Waals surface area contributed by atoms with E-state index in [0.717, 1.165) is 23.1 Å². The van der Waals surface area contributed by atoms with E-state index >= 15 is 0 Å². The van der Waals surface area contributed by atoms with Crippen molar-refractivity contribution in [2.45, 2.75) is 13.0 Å². The van der Waals surface area contributed by atoms with Gasteiger partial charge in [0.2, 0.25) is 0 Å². The van der Waals surface area contributed by atoms with Gasteiger partial charge in [0.15, 0.2) is 0 Å². The van der Waals surface area contributed by atoms with Crippen molar-refractivity contribution in [3.8, 4) is 0 Å². The van der Waals surface area contributed by atoms with E-state index in [1.807, 2.05) is 37.3 Å². The normalized spacial score (nSPS) is 12.6. The van der Waals surface area contributed by atoms with Crippen LogP contribution in [0.25, 0.3) is 10.8 Å². The highest BCUT2D eigenvalue weighted by molar-refractivity contribution is 5.83. The summed E-state index contributed by atoms with van der Waals surface area (Å²) in [5.74, 6) is 0. The predicted octanol–water partition coefficient (Wildman–Crippen LogP) is 3.04. The van der Waals surface area contributed by atoms with E-state index in [0.29, 0.717) is 6.54 Å². The van der Waals surface area contributed by atoms with Gasteiger partial charge in [-0.2, -0.15) is 0 Å². The Bertz CT molecular complexity index is 548. The van der Waals surface area contributed by atoms with E-state index in [2.05, 4.69) is 24.0 Å². The van der Waals surface area contributed by atoms with Crippen molar-refractivity contribution in [2.24, 2.45) is 0 Å². The molecule has 2 rings (SSSR count). The van der Waals surface area contributed by atoms with Gasteiger partial charge in [0.05, 0.1) is 6.10 Å². The zero-order chi connectivity index (χ0) is 13.0. The molecule has 94 valence electrons. The van der Waals surface area contributed by atoms with E-state index in [-0.39, 0.29) is 0 Å². The molecule has 0 aliphatic heterocycles. The van der Waals surface area contributed by atoms with Crippen molar-refractivity contribution in [3.63, 3.8) is 0 Å².